The second-order valence-corrected chi connectivity index (χ2v) is 11.1. The van der Waals surface area contributed by atoms with E-state index in [0.717, 1.165) is 22.6 Å². The van der Waals surface area contributed by atoms with Crippen LogP contribution in [0.1, 0.15) is 37.6 Å². The Bertz CT molecular complexity index is 1200. The third-order valence-corrected chi connectivity index (χ3v) is 6.93. The first kappa shape index (κ1) is 27.5. The van der Waals surface area contributed by atoms with Crippen molar-refractivity contribution in [2.24, 2.45) is 0 Å². The molecule has 1 aromatic heterocycles. The molecule has 2 amide bonds. The average Bonchev–Trinajstić information content (AvgIpc) is 2.90. The van der Waals surface area contributed by atoms with E-state index < -0.39 is 11.7 Å². The van der Waals surface area contributed by atoms with Crippen LogP contribution >= 0.6 is 11.8 Å². The largest absolute Gasteiger partial charge is 0.445 e. The molecule has 10 nitrogen and oxygen atoms in total. The summed E-state index contributed by atoms with van der Waals surface area (Å²) in [6.07, 6.45) is 1.76. The van der Waals surface area contributed by atoms with Crippen molar-refractivity contribution in [3.8, 4) is 0 Å². The number of nitrogens with zero attached hydrogens (tertiary/aromatic N) is 6. The number of piperazine rings is 1. The van der Waals surface area contributed by atoms with Crippen molar-refractivity contribution in [3.05, 3.63) is 58.6 Å². The van der Waals surface area contributed by atoms with E-state index in [4.69, 9.17) is 26.0 Å². The number of amides is 2. The number of thioether (sulfide) groups is 1. The number of hydrogen-bond acceptors (Lipinski definition) is 8. The van der Waals surface area contributed by atoms with Gasteiger partial charge in [0.15, 0.2) is 5.16 Å². The molecule has 1 saturated heterocycles. The van der Waals surface area contributed by atoms with Crippen LogP contribution in [0.15, 0.2) is 35.5 Å². The van der Waals surface area contributed by atoms with Gasteiger partial charge < -0.3 is 24.1 Å². The van der Waals surface area contributed by atoms with Gasteiger partial charge in [-0.3, -0.25) is 4.90 Å². The number of fused-ring (bicyclic) bond motifs is 1. The van der Waals surface area contributed by atoms with Crippen LogP contribution < -0.4 is 4.90 Å². The molecule has 2 aliphatic heterocycles. The molecule has 0 unspecified atom stereocenters. The maximum Gasteiger partial charge on any atom is 0.410 e. The maximum atomic E-state index is 12.9. The molecule has 0 aliphatic carbocycles. The standard InChI is InChI=1S/C27H34N6O4S/c1-27(2,3)37-25(34)32-12-11-21-22(17-32)29-24(38-5)30-23(21)31-13-14-33(20(16-31)15-28-4)26(35)36-18-19-9-7-6-8-10-19/h6-10,20H,11-18H2,1-3,5H3/t20-/m0/s1. The normalized spacial score (nSPS) is 17.4. The number of anilines is 1. The Labute approximate surface area is 228 Å². The van der Waals surface area contributed by atoms with Gasteiger partial charge in [0.25, 0.3) is 0 Å². The van der Waals surface area contributed by atoms with Crippen LogP contribution in [0, 0.1) is 6.57 Å². The molecule has 202 valence electrons. The van der Waals surface area contributed by atoms with Gasteiger partial charge in [-0.2, -0.15) is 0 Å². The van der Waals surface area contributed by atoms with Crippen molar-refractivity contribution in [1.82, 2.24) is 19.8 Å². The molecule has 1 atom stereocenters. The molecule has 2 aliphatic rings. The molecule has 0 saturated carbocycles. The van der Waals surface area contributed by atoms with E-state index in [1.165, 1.54) is 11.8 Å². The molecular weight excluding hydrogens is 504 g/mol. The smallest absolute Gasteiger partial charge is 0.410 e. The fourth-order valence-corrected chi connectivity index (χ4v) is 4.95. The van der Waals surface area contributed by atoms with Crippen molar-refractivity contribution < 1.29 is 19.1 Å². The third kappa shape index (κ3) is 6.67. The molecule has 1 aromatic carbocycles. The summed E-state index contributed by atoms with van der Waals surface area (Å²) in [5.41, 5.74) is 2.16. The van der Waals surface area contributed by atoms with Crippen LogP contribution in [-0.2, 0) is 29.0 Å². The van der Waals surface area contributed by atoms with Crippen LogP contribution in [0.3, 0.4) is 0 Å². The highest BCUT2D eigenvalue weighted by molar-refractivity contribution is 7.98. The van der Waals surface area contributed by atoms with Crippen LogP contribution in [0.5, 0.6) is 0 Å². The second kappa shape index (κ2) is 11.9. The average molecular weight is 539 g/mol. The number of ether oxygens (including phenoxy) is 2. The van der Waals surface area contributed by atoms with E-state index in [1.54, 1.807) is 9.80 Å². The predicted molar refractivity (Wildman–Crippen MR) is 145 cm³/mol. The zero-order valence-corrected chi connectivity index (χ0v) is 23.2. The van der Waals surface area contributed by atoms with Gasteiger partial charge in [0, 0.05) is 31.7 Å². The summed E-state index contributed by atoms with van der Waals surface area (Å²) in [7, 11) is 0. The Morgan fingerprint density at radius 1 is 1.13 bits per heavy atom. The molecule has 0 spiro atoms. The van der Waals surface area contributed by atoms with Gasteiger partial charge in [-0.05, 0) is 39.0 Å². The zero-order valence-electron chi connectivity index (χ0n) is 22.3. The highest BCUT2D eigenvalue weighted by atomic mass is 32.2. The van der Waals surface area contributed by atoms with Crippen molar-refractivity contribution >= 4 is 29.8 Å². The minimum atomic E-state index is -0.571. The Hall–Kier alpha value is -3.52. The fourth-order valence-electron chi connectivity index (χ4n) is 4.58. The molecule has 0 N–H and O–H groups in total. The molecule has 38 heavy (non-hydrogen) atoms. The van der Waals surface area contributed by atoms with E-state index in [2.05, 4.69) is 9.74 Å². The van der Waals surface area contributed by atoms with Gasteiger partial charge in [-0.1, -0.05) is 42.1 Å². The number of aromatic nitrogens is 2. The lowest BCUT2D eigenvalue weighted by atomic mass is 10.0. The lowest BCUT2D eigenvalue weighted by molar-refractivity contribution is 0.0220. The first-order chi connectivity index (χ1) is 18.2. The van der Waals surface area contributed by atoms with Gasteiger partial charge in [-0.25, -0.2) is 26.1 Å². The minimum Gasteiger partial charge on any atom is -0.445 e. The number of carbonyl (C=O) groups excluding carboxylic acids is 2. The van der Waals surface area contributed by atoms with Crippen LogP contribution in [0.2, 0.25) is 0 Å². The Morgan fingerprint density at radius 3 is 2.58 bits per heavy atom. The molecule has 2 aromatic rings. The van der Waals surface area contributed by atoms with E-state index >= 15 is 0 Å². The maximum absolute atomic E-state index is 12.9. The van der Waals surface area contributed by atoms with Gasteiger partial charge >= 0.3 is 12.2 Å². The predicted octanol–water partition coefficient (Wildman–Crippen LogP) is 4.24. The summed E-state index contributed by atoms with van der Waals surface area (Å²) in [5, 5.41) is 0.621. The summed E-state index contributed by atoms with van der Waals surface area (Å²) in [5.74, 6) is 0.815. The highest BCUT2D eigenvalue weighted by Gasteiger charge is 2.36. The molecule has 11 heteroatoms. The summed E-state index contributed by atoms with van der Waals surface area (Å²) in [4.78, 5) is 44.2. The van der Waals surface area contributed by atoms with Crippen LogP contribution in [0.25, 0.3) is 4.85 Å². The zero-order chi connectivity index (χ0) is 27.3. The summed E-state index contributed by atoms with van der Waals surface area (Å²) >= 11 is 1.44. The summed E-state index contributed by atoms with van der Waals surface area (Å²) in [6, 6.07) is 9.22. The number of hydrogen-bond donors (Lipinski definition) is 0. The Morgan fingerprint density at radius 2 is 1.89 bits per heavy atom. The molecule has 1 fully saturated rings. The fraction of sp³-hybridized carbons (Fsp3) is 0.519. The monoisotopic (exact) mass is 538 g/mol. The van der Waals surface area contributed by atoms with Gasteiger partial charge in [0.2, 0.25) is 6.54 Å². The highest BCUT2D eigenvalue weighted by Crippen LogP contribution is 2.31. The van der Waals surface area contributed by atoms with Gasteiger partial charge in [0.1, 0.15) is 24.1 Å². The van der Waals surface area contributed by atoms with E-state index in [1.807, 2.05) is 57.4 Å². The Balaban J connectivity index is 1.50. The number of rotatable bonds is 5. The molecule has 0 radical (unpaired) electrons. The summed E-state index contributed by atoms with van der Waals surface area (Å²) < 4.78 is 11.1. The van der Waals surface area contributed by atoms with E-state index in [9.17, 15) is 9.59 Å². The molecule has 0 bridgehead atoms. The van der Waals surface area contributed by atoms with Crippen LogP contribution in [-0.4, -0.2) is 82.6 Å². The van der Waals surface area contributed by atoms with Crippen molar-refractivity contribution in [3.63, 3.8) is 0 Å². The van der Waals surface area contributed by atoms with Crippen molar-refractivity contribution in [1.29, 1.82) is 0 Å². The lowest BCUT2D eigenvalue weighted by Crippen LogP contribution is -2.57. The quantitative estimate of drug-likeness (QED) is 0.317. The first-order valence-electron chi connectivity index (χ1n) is 12.7. The third-order valence-electron chi connectivity index (χ3n) is 6.38. The molecule has 3 heterocycles. The van der Waals surface area contributed by atoms with Crippen molar-refractivity contribution in [2.45, 2.75) is 57.1 Å². The minimum absolute atomic E-state index is 0.173. The topological polar surface area (TPSA) is 92.5 Å². The van der Waals surface area contributed by atoms with Gasteiger partial charge in [-0.15, -0.1) is 0 Å². The summed E-state index contributed by atoms with van der Waals surface area (Å²) in [6.45, 7) is 15.7. The second-order valence-electron chi connectivity index (χ2n) is 10.3. The lowest BCUT2D eigenvalue weighted by Gasteiger charge is -2.40. The molecular formula is C27H34N6O4S. The van der Waals surface area contributed by atoms with Gasteiger partial charge in [0.05, 0.1) is 12.2 Å². The SMILES string of the molecule is [C-]#[N+]C[C@H]1CN(c2nc(SC)nc3c2CCN(C(=O)OC(C)(C)C)C3)CCN1C(=O)OCc1ccccc1. The van der Waals surface area contributed by atoms with E-state index in [0.29, 0.717) is 44.3 Å². The Kier molecular flexibility index (Phi) is 8.62. The number of benzene rings is 1. The van der Waals surface area contributed by atoms with Crippen LogP contribution in [0.4, 0.5) is 15.4 Å². The number of carbonyl (C=O) groups is 2. The molecule has 4 rings (SSSR count). The van der Waals surface area contributed by atoms with E-state index in [-0.39, 0.29) is 25.3 Å². The van der Waals surface area contributed by atoms with Crippen molar-refractivity contribution in [2.75, 3.05) is 43.9 Å². The first-order valence-corrected chi connectivity index (χ1v) is 13.9.